The minimum Gasteiger partial charge on any atom is -0.274 e. The maximum Gasteiger partial charge on any atom is 0.264 e. The first-order valence-corrected chi connectivity index (χ1v) is 7.48. The van der Waals surface area contributed by atoms with Gasteiger partial charge >= 0.3 is 0 Å². The molecule has 0 saturated carbocycles. The van der Waals surface area contributed by atoms with Crippen LogP contribution >= 0.6 is 0 Å². The lowest BCUT2D eigenvalue weighted by Gasteiger charge is -2.11. The van der Waals surface area contributed by atoms with Crippen LogP contribution in [0.5, 0.6) is 0 Å². The van der Waals surface area contributed by atoms with Gasteiger partial charge in [-0.3, -0.25) is 4.72 Å². The Morgan fingerprint density at radius 3 is 2.08 bits per heavy atom. The van der Waals surface area contributed by atoms with E-state index in [9.17, 15) is 30.4 Å². The summed E-state index contributed by atoms with van der Waals surface area (Å²) in [4.78, 5) is -0.620. The minimum atomic E-state index is -4.75. The van der Waals surface area contributed by atoms with Crippen molar-refractivity contribution < 1.29 is 35.0 Å². The van der Waals surface area contributed by atoms with Crippen molar-refractivity contribution in [2.75, 3.05) is 4.72 Å². The fraction of sp³-hybridized carbons (Fsp3) is 0. The highest BCUT2D eigenvalue weighted by Gasteiger charge is 2.30. The first-order valence-electron chi connectivity index (χ1n) is 5.99. The summed E-state index contributed by atoms with van der Waals surface area (Å²) in [5, 5.41) is 6.70. The third-order valence-electron chi connectivity index (χ3n) is 2.98. The first kappa shape index (κ1) is 16.1. The summed E-state index contributed by atoms with van der Waals surface area (Å²) in [6.07, 6.45) is 0. The SMILES string of the molecule is O=S(=O)(Nc1c(F)c(F)c(F)c(F)c1F)c1cccc2nonc12. The molecule has 1 N–H and O–H groups in total. The van der Waals surface area contributed by atoms with Gasteiger partial charge in [0.25, 0.3) is 10.0 Å². The van der Waals surface area contributed by atoms with Crippen LogP contribution < -0.4 is 4.72 Å². The van der Waals surface area contributed by atoms with Crippen LogP contribution in [0.2, 0.25) is 0 Å². The Bertz CT molecular complexity index is 1040. The molecule has 0 spiro atoms. The lowest BCUT2D eigenvalue weighted by molar-refractivity contribution is 0.315. The van der Waals surface area contributed by atoms with Crippen LogP contribution in [0.4, 0.5) is 27.6 Å². The quantitative estimate of drug-likeness (QED) is 0.438. The number of sulfonamides is 1. The van der Waals surface area contributed by atoms with E-state index in [-0.39, 0.29) is 11.0 Å². The fourth-order valence-corrected chi connectivity index (χ4v) is 3.09. The normalized spacial score (nSPS) is 11.9. The van der Waals surface area contributed by atoms with Gasteiger partial charge in [-0.2, -0.15) is 0 Å². The molecule has 0 aliphatic heterocycles. The highest BCUT2D eigenvalue weighted by atomic mass is 32.2. The van der Waals surface area contributed by atoms with Gasteiger partial charge < -0.3 is 0 Å². The summed E-state index contributed by atoms with van der Waals surface area (Å²) < 4.78 is 96.6. The van der Waals surface area contributed by atoms with Crippen LogP contribution in [0.15, 0.2) is 27.7 Å². The lowest BCUT2D eigenvalue weighted by Crippen LogP contribution is -2.18. The van der Waals surface area contributed by atoms with Crippen LogP contribution in [0.25, 0.3) is 11.0 Å². The molecule has 0 aliphatic carbocycles. The molecular formula is C12H4F5N3O3S. The first-order chi connectivity index (χ1) is 11.2. The van der Waals surface area contributed by atoms with Crippen molar-refractivity contribution in [3.63, 3.8) is 0 Å². The fourth-order valence-electron chi connectivity index (χ4n) is 1.88. The number of nitrogens with one attached hydrogen (secondary N) is 1. The zero-order valence-corrected chi connectivity index (χ0v) is 12.0. The molecule has 12 heteroatoms. The molecule has 0 atom stereocenters. The zero-order chi connectivity index (χ0) is 17.6. The number of anilines is 1. The summed E-state index contributed by atoms with van der Waals surface area (Å²) in [5.74, 6) is -11.6. The summed E-state index contributed by atoms with van der Waals surface area (Å²) in [6, 6.07) is 3.55. The second kappa shape index (κ2) is 5.40. The van der Waals surface area contributed by atoms with Gasteiger partial charge in [0.1, 0.15) is 16.1 Å². The number of nitrogens with zero attached hydrogens (tertiary/aromatic N) is 2. The van der Waals surface area contributed by atoms with E-state index in [1.54, 1.807) is 0 Å². The van der Waals surface area contributed by atoms with E-state index < -0.39 is 49.7 Å². The molecular weight excluding hydrogens is 361 g/mol. The minimum absolute atomic E-state index is 0.00952. The second-order valence-corrected chi connectivity index (χ2v) is 6.09. The largest absolute Gasteiger partial charge is 0.274 e. The number of hydrogen-bond donors (Lipinski definition) is 1. The Kier molecular flexibility index (Phi) is 3.63. The van der Waals surface area contributed by atoms with E-state index in [0.717, 1.165) is 6.07 Å². The standard InChI is InChI=1S/C12H4F5N3O3S/c13-6-7(14)9(16)12(10(17)8(6)15)20-24(21,22)5-3-1-2-4-11(5)19-23-18-4/h1-3,20H. The number of hydrogen-bond acceptors (Lipinski definition) is 5. The Morgan fingerprint density at radius 2 is 1.46 bits per heavy atom. The van der Waals surface area contributed by atoms with Crippen LogP contribution in [0.1, 0.15) is 0 Å². The molecule has 0 fully saturated rings. The summed E-state index contributed by atoms with van der Waals surface area (Å²) in [5.41, 5.74) is -1.98. The Labute approximate surface area is 129 Å². The van der Waals surface area contributed by atoms with Crippen molar-refractivity contribution in [2.45, 2.75) is 4.90 Å². The molecule has 3 aromatic rings. The Hall–Kier alpha value is -2.76. The number of fused-ring (bicyclic) bond motifs is 1. The molecule has 2 aromatic carbocycles. The summed E-state index contributed by atoms with van der Waals surface area (Å²) in [6.45, 7) is 0. The number of aromatic nitrogens is 2. The van der Waals surface area contributed by atoms with Crippen LogP contribution in [0.3, 0.4) is 0 Å². The number of rotatable bonds is 3. The molecule has 0 bridgehead atoms. The number of halogens is 5. The predicted molar refractivity (Wildman–Crippen MR) is 68.8 cm³/mol. The Morgan fingerprint density at radius 1 is 0.875 bits per heavy atom. The van der Waals surface area contributed by atoms with Gasteiger partial charge in [0, 0.05) is 0 Å². The lowest BCUT2D eigenvalue weighted by atomic mass is 10.2. The van der Waals surface area contributed by atoms with Crippen molar-refractivity contribution >= 4 is 26.7 Å². The monoisotopic (exact) mass is 365 g/mol. The van der Waals surface area contributed by atoms with Gasteiger partial charge in [-0.25, -0.2) is 35.0 Å². The maximum atomic E-state index is 13.6. The van der Waals surface area contributed by atoms with Crippen molar-refractivity contribution in [1.29, 1.82) is 0 Å². The highest BCUT2D eigenvalue weighted by Crippen LogP contribution is 2.30. The molecule has 0 amide bonds. The maximum absolute atomic E-state index is 13.6. The van der Waals surface area contributed by atoms with E-state index in [0.29, 0.717) is 0 Å². The van der Waals surface area contributed by atoms with Gasteiger partial charge in [-0.1, -0.05) is 6.07 Å². The Balaban J connectivity index is 2.17. The van der Waals surface area contributed by atoms with Crippen molar-refractivity contribution in [3.05, 3.63) is 47.3 Å². The molecule has 1 aromatic heterocycles. The molecule has 126 valence electrons. The van der Waals surface area contributed by atoms with E-state index in [1.165, 1.54) is 16.9 Å². The van der Waals surface area contributed by atoms with E-state index in [4.69, 9.17) is 0 Å². The predicted octanol–water partition coefficient (Wildman–Crippen LogP) is 2.72. The average Bonchev–Trinajstić information content (AvgIpc) is 3.03. The van der Waals surface area contributed by atoms with Crippen molar-refractivity contribution in [2.24, 2.45) is 0 Å². The van der Waals surface area contributed by atoms with E-state index >= 15 is 0 Å². The molecule has 24 heavy (non-hydrogen) atoms. The van der Waals surface area contributed by atoms with Gasteiger partial charge in [0.2, 0.25) is 5.82 Å². The molecule has 0 aliphatic rings. The van der Waals surface area contributed by atoms with Crippen LogP contribution in [-0.4, -0.2) is 18.7 Å². The van der Waals surface area contributed by atoms with Crippen LogP contribution in [0, 0.1) is 29.1 Å². The summed E-state index contributed by atoms with van der Waals surface area (Å²) >= 11 is 0. The second-order valence-electron chi connectivity index (χ2n) is 4.44. The molecule has 0 saturated heterocycles. The third kappa shape index (κ3) is 2.35. The van der Waals surface area contributed by atoms with Gasteiger partial charge in [-0.15, -0.1) is 0 Å². The molecule has 1 heterocycles. The van der Waals surface area contributed by atoms with Gasteiger partial charge in [0.15, 0.2) is 28.8 Å². The molecule has 0 unspecified atom stereocenters. The third-order valence-corrected chi connectivity index (χ3v) is 4.37. The molecule has 6 nitrogen and oxygen atoms in total. The van der Waals surface area contributed by atoms with E-state index in [2.05, 4.69) is 14.9 Å². The van der Waals surface area contributed by atoms with Crippen molar-refractivity contribution in [3.8, 4) is 0 Å². The van der Waals surface area contributed by atoms with Crippen molar-refractivity contribution in [1.82, 2.24) is 10.3 Å². The van der Waals surface area contributed by atoms with Gasteiger partial charge in [-0.05, 0) is 22.4 Å². The average molecular weight is 365 g/mol. The smallest absolute Gasteiger partial charge is 0.264 e. The zero-order valence-electron chi connectivity index (χ0n) is 11.1. The van der Waals surface area contributed by atoms with E-state index in [1.807, 2.05) is 0 Å². The molecule has 0 radical (unpaired) electrons. The van der Waals surface area contributed by atoms with Gasteiger partial charge in [0.05, 0.1) is 0 Å². The topological polar surface area (TPSA) is 85.1 Å². The number of benzene rings is 2. The summed E-state index contributed by atoms with van der Waals surface area (Å²) in [7, 11) is -4.75. The highest BCUT2D eigenvalue weighted by molar-refractivity contribution is 7.93. The molecule has 3 rings (SSSR count). The van der Waals surface area contributed by atoms with Crippen LogP contribution in [-0.2, 0) is 10.0 Å².